The van der Waals surface area contributed by atoms with Gasteiger partial charge in [-0.3, -0.25) is 9.78 Å². The Morgan fingerprint density at radius 1 is 1.14 bits per heavy atom. The smallest absolute Gasteiger partial charge is 0.220 e. The van der Waals surface area contributed by atoms with Crippen molar-refractivity contribution in [3.8, 4) is 11.3 Å². The van der Waals surface area contributed by atoms with Crippen LogP contribution in [-0.4, -0.2) is 21.5 Å². The van der Waals surface area contributed by atoms with E-state index in [0.717, 1.165) is 50.6 Å². The van der Waals surface area contributed by atoms with Gasteiger partial charge in [-0.1, -0.05) is 24.3 Å². The van der Waals surface area contributed by atoms with Crippen LogP contribution in [-0.2, 0) is 24.2 Å². The first-order chi connectivity index (χ1) is 13.8. The molecule has 1 amide bonds. The molecule has 0 radical (unpaired) electrons. The fraction of sp³-hybridized carbons (Fsp3) is 0.417. The molecule has 1 saturated carbocycles. The third kappa shape index (κ3) is 3.11. The number of aryl methyl sites for hydroxylation is 3. The standard InChI is InChI=1S/C24H27N3O/c28-22(26-18-9-3-10-18)14-4-12-20-23-21(13-5-15-25-23)27-16-6-8-17-7-1-2-11-19(17)24(20)27/h1-2,5,7,11,13,15,18H,3-4,6,8-10,12,14,16H2,(H,26,28). The number of nitrogens with one attached hydrogen (secondary N) is 1. The van der Waals surface area contributed by atoms with Crippen molar-refractivity contribution in [3.05, 3.63) is 53.7 Å². The van der Waals surface area contributed by atoms with Gasteiger partial charge in [0.2, 0.25) is 5.91 Å². The number of benzene rings is 1. The maximum absolute atomic E-state index is 12.2. The molecule has 4 nitrogen and oxygen atoms in total. The highest BCUT2D eigenvalue weighted by Gasteiger charge is 2.23. The van der Waals surface area contributed by atoms with E-state index >= 15 is 0 Å². The van der Waals surface area contributed by atoms with Crippen molar-refractivity contribution in [1.82, 2.24) is 14.9 Å². The van der Waals surface area contributed by atoms with Crippen LogP contribution in [0.1, 0.15) is 49.7 Å². The lowest BCUT2D eigenvalue weighted by Crippen LogP contribution is -2.39. The molecule has 3 heterocycles. The van der Waals surface area contributed by atoms with Crippen molar-refractivity contribution in [1.29, 1.82) is 0 Å². The number of carbonyl (C=O) groups excluding carboxylic acids is 1. The van der Waals surface area contributed by atoms with Gasteiger partial charge < -0.3 is 9.88 Å². The molecule has 0 saturated heterocycles. The zero-order valence-electron chi connectivity index (χ0n) is 16.3. The maximum Gasteiger partial charge on any atom is 0.220 e. The van der Waals surface area contributed by atoms with Crippen LogP contribution in [0.5, 0.6) is 0 Å². The van der Waals surface area contributed by atoms with E-state index in [2.05, 4.69) is 40.2 Å². The van der Waals surface area contributed by atoms with Gasteiger partial charge in [0.25, 0.3) is 0 Å². The molecule has 1 N–H and O–H groups in total. The molecule has 144 valence electrons. The van der Waals surface area contributed by atoms with Gasteiger partial charge in [0.15, 0.2) is 0 Å². The lowest BCUT2D eigenvalue weighted by Gasteiger charge is -2.26. The summed E-state index contributed by atoms with van der Waals surface area (Å²) in [6.07, 6.45) is 10.0. The summed E-state index contributed by atoms with van der Waals surface area (Å²) >= 11 is 0. The van der Waals surface area contributed by atoms with Crippen LogP contribution < -0.4 is 5.32 Å². The molecule has 1 aliphatic heterocycles. The summed E-state index contributed by atoms with van der Waals surface area (Å²) in [6.45, 7) is 1.02. The highest BCUT2D eigenvalue weighted by molar-refractivity contribution is 5.90. The molecule has 2 aliphatic rings. The number of fused-ring (bicyclic) bond motifs is 5. The van der Waals surface area contributed by atoms with E-state index in [4.69, 9.17) is 4.98 Å². The SMILES string of the molecule is O=C(CCCc1c2n(c3cccnc13)CCCc1ccccc1-2)NC1CCC1. The summed E-state index contributed by atoms with van der Waals surface area (Å²) in [5.41, 5.74) is 7.72. The molecule has 1 aliphatic carbocycles. The topological polar surface area (TPSA) is 46.9 Å². The van der Waals surface area contributed by atoms with Crippen molar-refractivity contribution in [2.45, 2.75) is 64.0 Å². The summed E-state index contributed by atoms with van der Waals surface area (Å²) in [5.74, 6) is 0.202. The molecule has 4 heteroatoms. The van der Waals surface area contributed by atoms with Gasteiger partial charge in [-0.15, -0.1) is 0 Å². The van der Waals surface area contributed by atoms with Gasteiger partial charge in [0.1, 0.15) is 0 Å². The minimum absolute atomic E-state index is 0.202. The third-order valence-electron chi connectivity index (χ3n) is 6.32. The van der Waals surface area contributed by atoms with E-state index in [1.165, 1.54) is 34.3 Å². The lowest BCUT2D eigenvalue weighted by atomic mass is 9.93. The molecule has 0 unspecified atom stereocenters. The van der Waals surface area contributed by atoms with E-state index in [-0.39, 0.29) is 5.91 Å². The average Bonchev–Trinajstić information content (AvgIpc) is 2.86. The summed E-state index contributed by atoms with van der Waals surface area (Å²) in [5, 5.41) is 3.16. The van der Waals surface area contributed by atoms with Gasteiger partial charge in [-0.2, -0.15) is 0 Å². The normalized spacial score (nSPS) is 16.1. The van der Waals surface area contributed by atoms with E-state index < -0.39 is 0 Å². The Bertz CT molecular complexity index is 1020. The summed E-state index contributed by atoms with van der Waals surface area (Å²) in [7, 11) is 0. The van der Waals surface area contributed by atoms with E-state index in [1.807, 2.05) is 12.3 Å². The predicted molar refractivity (Wildman–Crippen MR) is 112 cm³/mol. The largest absolute Gasteiger partial charge is 0.353 e. The van der Waals surface area contributed by atoms with E-state index in [0.29, 0.717) is 12.5 Å². The molecule has 3 aromatic rings. The first-order valence-electron chi connectivity index (χ1n) is 10.6. The van der Waals surface area contributed by atoms with Crippen LogP contribution in [0, 0.1) is 0 Å². The van der Waals surface area contributed by atoms with Crippen LogP contribution in [0.15, 0.2) is 42.6 Å². The number of amides is 1. The van der Waals surface area contributed by atoms with Crippen molar-refractivity contribution < 1.29 is 4.79 Å². The number of nitrogens with zero attached hydrogens (tertiary/aromatic N) is 2. The Morgan fingerprint density at radius 2 is 2.04 bits per heavy atom. The van der Waals surface area contributed by atoms with Crippen molar-refractivity contribution in [2.75, 3.05) is 0 Å². The number of rotatable bonds is 5. The first-order valence-corrected chi connectivity index (χ1v) is 10.6. The Labute approximate surface area is 166 Å². The summed E-state index contributed by atoms with van der Waals surface area (Å²) < 4.78 is 2.46. The second-order valence-corrected chi connectivity index (χ2v) is 8.16. The molecule has 1 aromatic carbocycles. The minimum atomic E-state index is 0.202. The van der Waals surface area contributed by atoms with Crippen molar-refractivity contribution >= 4 is 16.9 Å². The highest BCUT2D eigenvalue weighted by atomic mass is 16.1. The van der Waals surface area contributed by atoms with Crippen LogP contribution in [0.4, 0.5) is 0 Å². The highest BCUT2D eigenvalue weighted by Crippen LogP contribution is 2.38. The maximum atomic E-state index is 12.2. The minimum Gasteiger partial charge on any atom is -0.353 e. The van der Waals surface area contributed by atoms with Crippen LogP contribution in [0.25, 0.3) is 22.3 Å². The molecule has 2 aromatic heterocycles. The van der Waals surface area contributed by atoms with Gasteiger partial charge in [0, 0.05) is 36.3 Å². The Kier molecular flexibility index (Phi) is 4.63. The van der Waals surface area contributed by atoms with Gasteiger partial charge >= 0.3 is 0 Å². The van der Waals surface area contributed by atoms with Crippen LogP contribution >= 0.6 is 0 Å². The molecular weight excluding hydrogens is 346 g/mol. The average molecular weight is 374 g/mol. The third-order valence-corrected chi connectivity index (χ3v) is 6.32. The number of carbonyl (C=O) groups is 1. The van der Waals surface area contributed by atoms with Crippen LogP contribution in [0.3, 0.4) is 0 Å². The van der Waals surface area contributed by atoms with Gasteiger partial charge in [-0.05, 0) is 62.6 Å². The predicted octanol–water partition coefficient (Wildman–Crippen LogP) is 4.64. The quantitative estimate of drug-likeness (QED) is 0.708. The monoisotopic (exact) mass is 373 g/mol. The van der Waals surface area contributed by atoms with E-state index in [1.54, 1.807) is 0 Å². The van der Waals surface area contributed by atoms with Gasteiger partial charge in [0.05, 0.1) is 16.7 Å². The fourth-order valence-electron chi connectivity index (χ4n) is 4.69. The molecule has 28 heavy (non-hydrogen) atoms. The molecule has 0 bridgehead atoms. The number of hydrogen-bond acceptors (Lipinski definition) is 2. The number of aromatic nitrogens is 2. The van der Waals surface area contributed by atoms with Crippen LogP contribution in [0.2, 0.25) is 0 Å². The second-order valence-electron chi connectivity index (χ2n) is 8.16. The zero-order valence-corrected chi connectivity index (χ0v) is 16.3. The molecular formula is C24H27N3O. The summed E-state index contributed by atoms with van der Waals surface area (Å²) in [4.78, 5) is 17.0. The Hall–Kier alpha value is -2.62. The number of pyridine rings is 1. The molecule has 0 atom stereocenters. The van der Waals surface area contributed by atoms with E-state index in [9.17, 15) is 4.79 Å². The first kappa shape index (κ1) is 17.5. The van der Waals surface area contributed by atoms with Crippen molar-refractivity contribution in [3.63, 3.8) is 0 Å². The van der Waals surface area contributed by atoms with Crippen molar-refractivity contribution in [2.24, 2.45) is 0 Å². The number of hydrogen-bond donors (Lipinski definition) is 1. The zero-order chi connectivity index (χ0) is 18.9. The van der Waals surface area contributed by atoms with Gasteiger partial charge in [-0.25, -0.2) is 0 Å². The lowest BCUT2D eigenvalue weighted by molar-refractivity contribution is -0.122. The Morgan fingerprint density at radius 3 is 2.89 bits per heavy atom. The summed E-state index contributed by atoms with van der Waals surface area (Å²) in [6, 6.07) is 13.4. The Balaban J connectivity index is 1.47. The molecule has 1 fully saturated rings. The fourth-order valence-corrected chi connectivity index (χ4v) is 4.69. The molecule has 5 rings (SSSR count). The molecule has 0 spiro atoms. The second kappa shape index (κ2) is 7.42.